The Kier molecular flexibility index (Phi) is 5.05. The smallest absolute Gasteiger partial charge is 0.262 e. The number of carbonyl (C=O) groups is 1. The lowest BCUT2D eigenvalue weighted by atomic mass is 10.1. The third-order valence-corrected chi connectivity index (χ3v) is 6.43. The summed E-state index contributed by atoms with van der Waals surface area (Å²) in [6, 6.07) is 5.55. The molecule has 150 valence electrons. The van der Waals surface area contributed by atoms with E-state index in [-0.39, 0.29) is 30.3 Å². The van der Waals surface area contributed by atoms with Crippen LogP contribution in [-0.2, 0) is 21.4 Å². The minimum Gasteiger partial charge on any atom is -0.331 e. The van der Waals surface area contributed by atoms with Gasteiger partial charge >= 0.3 is 0 Å². The molecule has 0 atom stereocenters. The molecule has 1 amide bonds. The lowest BCUT2D eigenvalue weighted by Crippen LogP contribution is -2.43. The number of nitrogens with zero attached hydrogens (tertiary/aromatic N) is 4. The van der Waals surface area contributed by atoms with E-state index >= 15 is 0 Å². The number of amidine groups is 1. The number of aromatic nitrogens is 1. The Morgan fingerprint density at radius 3 is 2.76 bits per heavy atom. The topological polar surface area (TPSA) is 82.9 Å². The van der Waals surface area contributed by atoms with Crippen molar-refractivity contribution >= 4 is 38.8 Å². The number of hydrogen-bond acceptors (Lipinski definition) is 6. The molecular weight excluding hydrogens is 415 g/mol. The average Bonchev–Trinajstić information content (AvgIpc) is 3.10. The van der Waals surface area contributed by atoms with Crippen LogP contribution in [0.3, 0.4) is 0 Å². The van der Waals surface area contributed by atoms with Gasteiger partial charge in [-0.25, -0.2) is 17.8 Å². The fourth-order valence-corrected chi connectivity index (χ4v) is 4.66. The quantitative estimate of drug-likeness (QED) is 0.742. The van der Waals surface area contributed by atoms with Crippen molar-refractivity contribution in [2.45, 2.75) is 13.5 Å². The Balaban J connectivity index is 1.74. The molecule has 4 rings (SSSR count). The maximum atomic E-state index is 13.5. The first-order valence-corrected chi connectivity index (χ1v) is 11.3. The minimum absolute atomic E-state index is 0.102. The number of amides is 1. The molecule has 10 heteroatoms. The molecule has 0 spiro atoms. The molecule has 7 nitrogen and oxygen atoms in total. The molecule has 2 aromatic rings. The van der Waals surface area contributed by atoms with E-state index in [9.17, 15) is 17.6 Å². The molecule has 3 heterocycles. The molecule has 0 unspecified atom stereocenters. The molecule has 1 aromatic heterocycles. The van der Waals surface area contributed by atoms with Crippen LogP contribution in [0.5, 0.6) is 0 Å². The first-order valence-electron chi connectivity index (χ1n) is 8.79. The fraction of sp³-hybridized carbons (Fsp3) is 0.211. The van der Waals surface area contributed by atoms with Gasteiger partial charge in [-0.2, -0.15) is 0 Å². The van der Waals surface area contributed by atoms with Gasteiger partial charge in [0.15, 0.2) is 5.84 Å². The van der Waals surface area contributed by atoms with E-state index < -0.39 is 21.7 Å². The predicted molar refractivity (Wildman–Crippen MR) is 110 cm³/mol. The van der Waals surface area contributed by atoms with Crippen molar-refractivity contribution in [1.29, 1.82) is 0 Å². The summed E-state index contributed by atoms with van der Waals surface area (Å²) in [6.07, 6.45) is 4.91. The number of halogens is 1. The van der Waals surface area contributed by atoms with E-state index in [1.807, 2.05) is 12.3 Å². The predicted octanol–water partition coefficient (Wildman–Crippen LogP) is 2.62. The standard InChI is InChI=1S/C19H17FN4O3S2/c1-13-21-15(12-28-13)11-24(16-6-4-14(20)5-7-16)19(25)17-3-2-8-23-9-10-29(26,27)22-18(17)23/h2-8,12H,9-11H2,1H3. The molecule has 0 saturated heterocycles. The van der Waals surface area contributed by atoms with Gasteiger partial charge in [-0.15, -0.1) is 15.7 Å². The van der Waals surface area contributed by atoms with E-state index in [1.54, 1.807) is 23.3 Å². The summed E-state index contributed by atoms with van der Waals surface area (Å²) in [5.41, 5.74) is 1.32. The Bertz CT molecular complexity index is 1150. The molecule has 0 radical (unpaired) electrons. The number of benzene rings is 1. The second kappa shape index (κ2) is 7.53. The van der Waals surface area contributed by atoms with Crippen molar-refractivity contribution in [3.8, 4) is 0 Å². The van der Waals surface area contributed by atoms with E-state index in [4.69, 9.17) is 0 Å². The van der Waals surface area contributed by atoms with Crippen molar-refractivity contribution in [3.05, 3.63) is 70.1 Å². The second-order valence-electron chi connectivity index (χ2n) is 6.54. The molecule has 0 aliphatic carbocycles. The molecule has 0 saturated carbocycles. The summed E-state index contributed by atoms with van der Waals surface area (Å²) in [5.74, 6) is -0.862. The van der Waals surface area contributed by atoms with Gasteiger partial charge in [-0.1, -0.05) is 0 Å². The molecule has 0 N–H and O–H groups in total. The number of anilines is 1. The summed E-state index contributed by atoms with van der Waals surface area (Å²) in [5, 5.41) is 2.71. The zero-order chi connectivity index (χ0) is 20.6. The van der Waals surface area contributed by atoms with Gasteiger partial charge in [-0.05, 0) is 43.3 Å². The molecule has 0 fully saturated rings. The Labute approximate surface area is 171 Å². The zero-order valence-electron chi connectivity index (χ0n) is 15.4. The van der Waals surface area contributed by atoms with Crippen molar-refractivity contribution in [3.63, 3.8) is 0 Å². The highest BCUT2D eigenvalue weighted by Gasteiger charge is 2.32. The van der Waals surface area contributed by atoms with Gasteiger partial charge in [0.05, 0.1) is 28.6 Å². The first-order chi connectivity index (χ1) is 13.8. The summed E-state index contributed by atoms with van der Waals surface area (Å²) in [6.45, 7) is 2.26. The Morgan fingerprint density at radius 1 is 1.31 bits per heavy atom. The van der Waals surface area contributed by atoms with E-state index in [1.165, 1.54) is 40.5 Å². The van der Waals surface area contributed by atoms with Crippen LogP contribution in [0, 0.1) is 12.7 Å². The normalized spacial score (nSPS) is 17.4. The zero-order valence-corrected chi connectivity index (χ0v) is 17.1. The van der Waals surface area contributed by atoms with Gasteiger partial charge in [0.1, 0.15) is 5.82 Å². The van der Waals surface area contributed by atoms with Crippen LogP contribution >= 0.6 is 11.3 Å². The van der Waals surface area contributed by atoms with Crippen molar-refractivity contribution in [2.24, 2.45) is 4.40 Å². The molecule has 2 aliphatic rings. The summed E-state index contributed by atoms with van der Waals surface area (Å²) >= 11 is 1.46. The highest BCUT2D eigenvalue weighted by atomic mass is 32.2. The number of fused-ring (bicyclic) bond motifs is 1. The summed E-state index contributed by atoms with van der Waals surface area (Å²) < 4.78 is 41.2. The molecular formula is C19H17FN4O3S2. The van der Waals surface area contributed by atoms with Crippen molar-refractivity contribution in [2.75, 3.05) is 17.2 Å². The summed E-state index contributed by atoms with van der Waals surface area (Å²) in [7, 11) is -3.63. The maximum absolute atomic E-state index is 13.5. The van der Waals surface area contributed by atoms with Crippen LogP contribution in [0.15, 0.2) is 58.0 Å². The van der Waals surface area contributed by atoms with Crippen LogP contribution in [0.1, 0.15) is 10.7 Å². The third-order valence-electron chi connectivity index (χ3n) is 4.46. The Hall–Kier alpha value is -2.85. The Morgan fingerprint density at radius 2 is 2.07 bits per heavy atom. The minimum atomic E-state index is -3.63. The number of carbonyl (C=O) groups excluding carboxylic acids is 1. The van der Waals surface area contributed by atoms with Gasteiger partial charge in [0.2, 0.25) is 0 Å². The largest absolute Gasteiger partial charge is 0.331 e. The van der Waals surface area contributed by atoms with Crippen LogP contribution in [-0.4, -0.2) is 42.3 Å². The van der Waals surface area contributed by atoms with Crippen LogP contribution in [0.4, 0.5) is 10.1 Å². The van der Waals surface area contributed by atoms with Crippen LogP contribution in [0.2, 0.25) is 0 Å². The first kappa shape index (κ1) is 19.5. The maximum Gasteiger partial charge on any atom is 0.262 e. The van der Waals surface area contributed by atoms with Crippen LogP contribution in [0.25, 0.3) is 0 Å². The lowest BCUT2D eigenvalue weighted by Gasteiger charge is -2.31. The number of sulfonamides is 1. The highest BCUT2D eigenvalue weighted by Crippen LogP contribution is 2.25. The van der Waals surface area contributed by atoms with Crippen molar-refractivity contribution < 1.29 is 17.6 Å². The number of allylic oxidation sites excluding steroid dienone is 2. The van der Waals surface area contributed by atoms with Gasteiger partial charge in [0, 0.05) is 23.8 Å². The third kappa shape index (κ3) is 4.13. The molecule has 0 bridgehead atoms. The van der Waals surface area contributed by atoms with E-state index in [0.29, 0.717) is 11.4 Å². The molecule has 1 aromatic carbocycles. The monoisotopic (exact) mass is 432 g/mol. The second-order valence-corrected chi connectivity index (χ2v) is 9.36. The van der Waals surface area contributed by atoms with E-state index in [2.05, 4.69) is 9.38 Å². The van der Waals surface area contributed by atoms with Gasteiger partial charge in [0.25, 0.3) is 15.9 Å². The molecule has 29 heavy (non-hydrogen) atoms. The number of thiazole rings is 1. The average molecular weight is 433 g/mol. The van der Waals surface area contributed by atoms with Crippen LogP contribution < -0.4 is 4.90 Å². The number of hydrogen-bond donors (Lipinski definition) is 0. The lowest BCUT2D eigenvalue weighted by molar-refractivity contribution is -0.114. The highest BCUT2D eigenvalue weighted by molar-refractivity contribution is 7.90. The molecule has 2 aliphatic heterocycles. The SMILES string of the molecule is Cc1nc(CN(C(=O)C2=CC=CN3CCS(=O)(=O)N=C23)c2ccc(F)cc2)cs1. The summed E-state index contributed by atoms with van der Waals surface area (Å²) in [4.78, 5) is 21.0. The van der Waals surface area contributed by atoms with Crippen molar-refractivity contribution in [1.82, 2.24) is 9.88 Å². The fourth-order valence-electron chi connectivity index (χ4n) is 3.07. The van der Waals surface area contributed by atoms with Gasteiger partial charge < -0.3 is 9.80 Å². The van der Waals surface area contributed by atoms with E-state index in [0.717, 1.165) is 5.01 Å². The number of rotatable bonds is 4. The number of aryl methyl sites for hydroxylation is 1. The van der Waals surface area contributed by atoms with Gasteiger partial charge in [-0.3, -0.25) is 4.79 Å².